The molecular weight excluding hydrogens is 248 g/mol. The average molecular weight is 284 g/mol. The topological polar surface area (TPSA) is 26.7 Å². The van der Waals surface area contributed by atoms with Gasteiger partial charge in [0.15, 0.2) is 0 Å². The van der Waals surface area contributed by atoms with Crippen LogP contribution < -0.4 is 0 Å². The SMILES string of the molecule is CCCCCCCCCCC(O)C1CN(C)CCN1C. The highest BCUT2D eigenvalue weighted by Crippen LogP contribution is 2.16. The lowest BCUT2D eigenvalue weighted by Gasteiger charge is -2.40. The molecule has 0 aromatic rings. The van der Waals surface area contributed by atoms with E-state index in [1.165, 1.54) is 51.4 Å². The molecule has 0 spiro atoms. The van der Waals surface area contributed by atoms with Gasteiger partial charge in [-0.15, -0.1) is 0 Å². The highest BCUT2D eigenvalue weighted by molar-refractivity contribution is 4.84. The van der Waals surface area contributed by atoms with E-state index in [4.69, 9.17) is 0 Å². The first-order valence-corrected chi connectivity index (χ1v) is 8.72. The molecule has 0 aromatic carbocycles. The second-order valence-corrected chi connectivity index (χ2v) is 6.64. The van der Waals surface area contributed by atoms with Crippen LogP contribution in [0.5, 0.6) is 0 Å². The standard InChI is InChI=1S/C17H36N2O/c1-4-5-6-7-8-9-10-11-12-17(20)16-15-18(2)13-14-19(16)3/h16-17,20H,4-15H2,1-3H3. The second kappa shape index (κ2) is 10.6. The Morgan fingerprint density at radius 2 is 1.55 bits per heavy atom. The molecular formula is C17H36N2O. The van der Waals surface area contributed by atoms with Gasteiger partial charge in [0.05, 0.1) is 6.10 Å². The Kier molecular flexibility index (Phi) is 9.49. The Balaban J connectivity index is 2.03. The van der Waals surface area contributed by atoms with E-state index in [1.807, 2.05) is 0 Å². The van der Waals surface area contributed by atoms with Crippen LogP contribution in [0, 0.1) is 0 Å². The Bertz CT molecular complexity index is 235. The third-order valence-electron chi connectivity index (χ3n) is 4.70. The van der Waals surface area contributed by atoms with Gasteiger partial charge in [-0.2, -0.15) is 0 Å². The second-order valence-electron chi connectivity index (χ2n) is 6.64. The van der Waals surface area contributed by atoms with E-state index in [0.29, 0.717) is 6.04 Å². The Labute approximate surface area is 126 Å². The number of piperazine rings is 1. The first-order valence-electron chi connectivity index (χ1n) is 8.72. The van der Waals surface area contributed by atoms with E-state index in [0.717, 1.165) is 26.1 Å². The Morgan fingerprint density at radius 3 is 2.20 bits per heavy atom. The van der Waals surface area contributed by atoms with Crippen LogP contribution in [0.2, 0.25) is 0 Å². The van der Waals surface area contributed by atoms with Gasteiger partial charge >= 0.3 is 0 Å². The molecule has 120 valence electrons. The third kappa shape index (κ3) is 7.05. The minimum absolute atomic E-state index is 0.150. The molecule has 2 unspecified atom stereocenters. The van der Waals surface area contributed by atoms with E-state index < -0.39 is 0 Å². The summed E-state index contributed by atoms with van der Waals surface area (Å²) in [5.41, 5.74) is 0. The van der Waals surface area contributed by atoms with Crippen LogP contribution in [0.25, 0.3) is 0 Å². The number of unbranched alkanes of at least 4 members (excludes halogenated alkanes) is 7. The minimum Gasteiger partial charge on any atom is -0.391 e. The highest BCUT2D eigenvalue weighted by atomic mass is 16.3. The number of hydrogen-bond acceptors (Lipinski definition) is 3. The summed E-state index contributed by atoms with van der Waals surface area (Å²) >= 11 is 0. The summed E-state index contributed by atoms with van der Waals surface area (Å²) in [7, 11) is 4.30. The van der Waals surface area contributed by atoms with Crippen molar-refractivity contribution in [1.29, 1.82) is 0 Å². The molecule has 0 amide bonds. The van der Waals surface area contributed by atoms with Crippen molar-refractivity contribution in [3.05, 3.63) is 0 Å². The molecule has 0 aromatic heterocycles. The smallest absolute Gasteiger partial charge is 0.0707 e. The molecule has 20 heavy (non-hydrogen) atoms. The van der Waals surface area contributed by atoms with Crippen molar-refractivity contribution >= 4 is 0 Å². The molecule has 1 fully saturated rings. The predicted molar refractivity (Wildman–Crippen MR) is 87.1 cm³/mol. The molecule has 0 aliphatic carbocycles. The van der Waals surface area contributed by atoms with Crippen LogP contribution in [0.4, 0.5) is 0 Å². The van der Waals surface area contributed by atoms with Crippen molar-refractivity contribution in [2.45, 2.75) is 76.9 Å². The van der Waals surface area contributed by atoms with Crippen molar-refractivity contribution in [1.82, 2.24) is 9.80 Å². The van der Waals surface area contributed by atoms with Gasteiger partial charge in [0.2, 0.25) is 0 Å². The van der Waals surface area contributed by atoms with Crippen LogP contribution >= 0.6 is 0 Å². The van der Waals surface area contributed by atoms with E-state index in [-0.39, 0.29) is 6.10 Å². The summed E-state index contributed by atoms with van der Waals surface area (Å²) < 4.78 is 0. The molecule has 1 rings (SSSR count). The number of rotatable bonds is 10. The molecule has 0 radical (unpaired) electrons. The van der Waals surface area contributed by atoms with Crippen molar-refractivity contribution in [3.8, 4) is 0 Å². The summed E-state index contributed by atoms with van der Waals surface area (Å²) in [5.74, 6) is 0. The van der Waals surface area contributed by atoms with Crippen LogP contribution in [0.3, 0.4) is 0 Å². The maximum Gasteiger partial charge on any atom is 0.0707 e. The molecule has 1 N–H and O–H groups in total. The largest absolute Gasteiger partial charge is 0.391 e. The van der Waals surface area contributed by atoms with Gasteiger partial charge in [0, 0.05) is 25.7 Å². The Hall–Kier alpha value is -0.120. The molecule has 1 saturated heterocycles. The molecule has 1 heterocycles. The predicted octanol–water partition coefficient (Wildman–Crippen LogP) is 3.12. The fraction of sp³-hybridized carbons (Fsp3) is 1.00. The van der Waals surface area contributed by atoms with Gasteiger partial charge in [0.1, 0.15) is 0 Å². The van der Waals surface area contributed by atoms with Crippen LogP contribution in [-0.2, 0) is 0 Å². The van der Waals surface area contributed by atoms with Gasteiger partial charge in [-0.25, -0.2) is 0 Å². The normalized spacial score (nSPS) is 23.1. The fourth-order valence-corrected chi connectivity index (χ4v) is 3.14. The van der Waals surface area contributed by atoms with Crippen molar-refractivity contribution in [3.63, 3.8) is 0 Å². The maximum atomic E-state index is 10.4. The molecule has 1 aliphatic heterocycles. The number of aliphatic hydroxyl groups is 1. The van der Waals surface area contributed by atoms with E-state index in [2.05, 4.69) is 30.8 Å². The molecule has 0 bridgehead atoms. The minimum atomic E-state index is -0.150. The third-order valence-corrected chi connectivity index (χ3v) is 4.70. The zero-order chi connectivity index (χ0) is 14.8. The fourth-order valence-electron chi connectivity index (χ4n) is 3.14. The van der Waals surface area contributed by atoms with Gasteiger partial charge in [0.25, 0.3) is 0 Å². The summed E-state index contributed by atoms with van der Waals surface area (Å²) in [4.78, 5) is 4.66. The molecule has 3 nitrogen and oxygen atoms in total. The lowest BCUT2D eigenvalue weighted by Crippen LogP contribution is -2.55. The molecule has 3 heteroatoms. The van der Waals surface area contributed by atoms with Gasteiger partial charge in [-0.3, -0.25) is 4.90 Å². The maximum absolute atomic E-state index is 10.4. The van der Waals surface area contributed by atoms with Crippen molar-refractivity contribution in [2.75, 3.05) is 33.7 Å². The monoisotopic (exact) mass is 284 g/mol. The quantitative estimate of drug-likeness (QED) is 0.624. The first kappa shape index (κ1) is 17.9. The van der Waals surface area contributed by atoms with Crippen molar-refractivity contribution in [2.24, 2.45) is 0 Å². The highest BCUT2D eigenvalue weighted by Gasteiger charge is 2.27. The van der Waals surface area contributed by atoms with Gasteiger partial charge in [-0.05, 0) is 20.5 Å². The van der Waals surface area contributed by atoms with E-state index in [9.17, 15) is 5.11 Å². The summed E-state index contributed by atoms with van der Waals surface area (Å²) in [6.45, 7) is 5.48. The lowest BCUT2D eigenvalue weighted by molar-refractivity contribution is 0.00973. The number of hydrogen-bond donors (Lipinski definition) is 1. The van der Waals surface area contributed by atoms with Gasteiger partial charge < -0.3 is 10.0 Å². The average Bonchev–Trinajstić information content (AvgIpc) is 2.44. The number of aliphatic hydroxyl groups excluding tert-OH is 1. The van der Waals surface area contributed by atoms with E-state index >= 15 is 0 Å². The lowest BCUT2D eigenvalue weighted by atomic mass is 10.00. The van der Waals surface area contributed by atoms with Crippen LogP contribution in [0.15, 0.2) is 0 Å². The molecule has 2 atom stereocenters. The summed E-state index contributed by atoms with van der Waals surface area (Å²) in [5, 5.41) is 10.4. The zero-order valence-corrected chi connectivity index (χ0v) is 14.0. The van der Waals surface area contributed by atoms with Crippen LogP contribution in [0.1, 0.15) is 64.7 Å². The Morgan fingerprint density at radius 1 is 0.950 bits per heavy atom. The van der Waals surface area contributed by atoms with Crippen LogP contribution in [-0.4, -0.2) is 60.8 Å². The van der Waals surface area contributed by atoms with Crippen molar-refractivity contribution < 1.29 is 5.11 Å². The summed E-state index contributed by atoms with van der Waals surface area (Å²) in [6.07, 6.45) is 11.5. The zero-order valence-electron chi connectivity index (χ0n) is 14.0. The first-order chi connectivity index (χ1) is 9.65. The number of nitrogens with zero attached hydrogens (tertiary/aromatic N) is 2. The molecule has 0 saturated carbocycles. The number of likely N-dealkylation sites (N-methyl/N-ethyl adjacent to an activating group) is 2. The molecule has 1 aliphatic rings. The van der Waals surface area contributed by atoms with Gasteiger partial charge in [-0.1, -0.05) is 58.3 Å². The summed E-state index contributed by atoms with van der Waals surface area (Å²) in [6, 6.07) is 0.332. The van der Waals surface area contributed by atoms with E-state index in [1.54, 1.807) is 0 Å².